The van der Waals surface area contributed by atoms with Crippen LogP contribution < -0.4 is 5.56 Å². The van der Waals surface area contributed by atoms with Crippen LogP contribution in [0.4, 0.5) is 0 Å². The third-order valence-corrected chi connectivity index (χ3v) is 6.59. The molecule has 1 aromatic carbocycles. The average Bonchev–Trinajstić information content (AvgIpc) is 3.40. The van der Waals surface area contributed by atoms with E-state index in [4.69, 9.17) is 14.6 Å². The Morgan fingerprint density at radius 3 is 2.55 bits per heavy atom. The molecule has 1 aliphatic rings. The highest BCUT2D eigenvalue weighted by molar-refractivity contribution is 7.89. The number of aliphatic carboxylic acids is 1. The SMILES string of the molecule is CCCC(=O)O.CN(CC1OCCO1)S(=O)(=O)c1ccc2[nH]c(=O)c3[nH]ccc3c2c1. The number of nitrogens with one attached hydrogen (secondary N) is 2. The Kier molecular flexibility index (Phi) is 7.11. The molecule has 10 nitrogen and oxygen atoms in total. The third kappa shape index (κ3) is 5.13. The van der Waals surface area contributed by atoms with Gasteiger partial charge in [-0.3, -0.25) is 9.59 Å². The minimum atomic E-state index is -3.71. The Bertz CT molecular complexity index is 1230. The summed E-state index contributed by atoms with van der Waals surface area (Å²) in [7, 11) is -2.22. The molecule has 2 aromatic heterocycles. The van der Waals surface area contributed by atoms with Gasteiger partial charge in [-0.05, 0) is 30.7 Å². The Balaban J connectivity index is 0.000000401. The van der Waals surface area contributed by atoms with Crippen molar-refractivity contribution < 1.29 is 27.8 Å². The Labute approximate surface area is 178 Å². The van der Waals surface area contributed by atoms with E-state index in [2.05, 4.69) is 9.97 Å². The summed E-state index contributed by atoms with van der Waals surface area (Å²) < 4.78 is 37.5. The summed E-state index contributed by atoms with van der Waals surface area (Å²) in [4.78, 5) is 27.4. The summed E-state index contributed by atoms with van der Waals surface area (Å²) in [5.41, 5.74) is 0.764. The molecule has 0 atom stereocenters. The quantitative estimate of drug-likeness (QED) is 0.519. The van der Waals surface area contributed by atoms with Crippen LogP contribution in [0.15, 0.2) is 40.2 Å². The Morgan fingerprint density at radius 1 is 1.23 bits per heavy atom. The number of hydrogen-bond donors (Lipinski definition) is 3. The number of sulfonamides is 1. The Hall–Kier alpha value is -2.73. The largest absolute Gasteiger partial charge is 0.481 e. The second kappa shape index (κ2) is 9.60. The molecule has 31 heavy (non-hydrogen) atoms. The van der Waals surface area contributed by atoms with Crippen molar-refractivity contribution in [2.24, 2.45) is 0 Å². The molecule has 11 heteroatoms. The maximum Gasteiger partial charge on any atom is 0.303 e. The number of H-pyrrole nitrogens is 2. The first-order chi connectivity index (χ1) is 14.7. The number of pyridine rings is 1. The van der Waals surface area contributed by atoms with Crippen LogP contribution >= 0.6 is 0 Å². The molecule has 3 N–H and O–H groups in total. The van der Waals surface area contributed by atoms with Gasteiger partial charge in [-0.25, -0.2) is 8.42 Å². The van der Waals surface area contributed by atoms with Crippen molar-refractivity contribution in [2.45, 2.75) is 31.0 Å². The molecule has 0 bridgehead atoms. The minimum Gasteiger partial charge on any atom is -0.481 e. The number of ether oxygens (including phenoxy) is 2. The number of fused-ring (bicyclic) bond motifs is 3. The van der Waals surface area contributed by atoms with E-state index >= 15 is 0 Å². The fourth-order valence-electron chi connectivity index (χ4n) is 3.20. The molecule has 0 unspecified atom stereocenters. The number of nitrogens with zero attached hydrogens (tertiary/aromatic N) is 1. The van der Waals surface area contributed by atoms with Crippen LogP contribution in [0.1, 0.15) is 19.8 Å². The van der Waals surface area contributed by atoms with Crippen LogP contribution in [0.5, 0.6) is 0 Å². The lowest BCUT2D eigenvalue weighted by Gasteiger charge is -2.20. The molecule has 3 heterocycles. The van der Waals surface area contributed by atoms with Crippen molar-refractivity contribution in [1.82, 2.24) is 14.3 Å². The lowest BCUT2D eigenvalue weighted by atomic mass is 10.1. The zero-order valence-electron chi connectivity index (χ0n) is 17.3. The van der Waals surface area contributed by atoms with Gasteiger partial charge in [0.05, 0.1) is 24.7 Å². The number of carboxylic acids is 1. The van der Waals surface area contributed by atoms with Crippen molar-refractivity contribution in [3.8, 4) is 0 Å². The van der Waals surface area contributed by atoms with Crippen LogP contribution in [-0.2, 0) is 24.3 Å². The maximum absolute atomic E-state index is 12.8. The molecule has 3 aromatic rings. The van der Waals surface area contributed by atoms with E-state index in [1.54, 1.807) is 24.4 Å². The zero-order chi connectivity index (χ0) is 22.6. The maximum atomic E-state index is 12.8. The van der Waals surface area contributed by atoms with Crippen molar-refractivity contribution in [3.63, 3.8) is 0 Å². The summed E-state index contributed by atoms with van der Waals surface area (Å²) in [6, 6.07) is 6.42. The fraction of sp³-hybridized carbons (Fsp3) is 0.400. The van der Waals surface area contributed by atoms with Gasteiger partial charge in [-0.15, -0.1) is 0 Å². The zero-order valence-corrected chi connectivity index (χ0v) is 18.1. The van der Waals surface area contributed by atoms with E-state index in [0.717, 1.165) is 6.42 Å². The van der Waals surface area contributed by atoms with Gasteiger partial charge in [0.25, 0.3) is 5.56 Å². The van der Waals surface area contributed by atoms with Crippen LogP contribution in [-0.4, -0.2) is 66.9 Å². The molecule has 1 fully saturated rings. The van der Waals surface area contributed by atoms with E-state index in [1.807, 2.05) is 6.92 Å². The average molecular weight is 452 g/mol. The number of carbonyl (C=O) groups is 1. The lowest BCUT2D eigenvalue weighted by Crippen LogP contribution is -2.34. The highest BCUT2D eigenvalue weighted by atomic mass is 32.2. The van der Waals surface area contributed by atoms with Gasteiger partial charge >= 0.3 is 5.97 Å². The highest BCUT2D eigenvalue weighted by Gasteiger charge is 2.27. The number of likely N-dealkylation sites (N-methyl/N-ethyl adjacent to an activating group) is 1. The predicted octanol–water partition coefficient (Wildman–Crippen LogP) is 1.87. The summed E-state index contributed by atoms with van der Waals surface area (Å²) in [6.07, 6.45) is 2.13. The molecular weight excluding hydrogens is 426 g/mol. The minimum absolute atomic E-state index is 0.117. The fourth-order valence-corrected chi connectivity index (χ4v) is 4.38. The monoisotopic (exact) mass is 451 g/mol. The smallest absolute Gasteiger partial charge is 0.303 e. The first-order valence-corrected chi connectivity index (χ1v) is 11.2. The molecule has 1 saturated heterocycles. The van der Waals surface area contributed by atoms with Gasteiger partial charge < -0.3 is 24.5 Å². The first-order valence-electron chi connectivity index (χ1n) is 9.78. The van der Waals surface area contributed by atoms with Gasteiger partial charge in [0.1, 0.15) is 5.52 Å². The number of rotatable bonds is 6. The van der Waals surface area contributed by atoms with Gasteiger partial charge in [-0.1, -0.05) is 6.92 Å². The topological polar surface area (TPSA) is 142 Å². The summed E-state index contributed by atoms with van der Waals surface area (Å²) in [5.74, 6) is -0.711. The number of aromatic amines is 2. The van der Waals surface area contributed by atoms with E-state index in [1.165, 1.54) is 17.4 Å². The highest BCUT2D eigenvalue weighted by Crippen LogP contribution is 2.25. The number of carboxylic acid groups (broad SMARTS) is 1. The molecule has 0 spiro atoms. The van der Waals surface area contributed by atoms with Gasteiger partial charge in [0, 0.05) is 36.0 Å². The van der Waals surface area contributed by atoms with Gasteiger partial charge in [0.2, 0.25) is 10.0 Å². The standard InChI is InChI=1S/C16H17N3O5S.C4H8O2/c1-19(9-14-23-6-7-24-14)25(21,22)10-2-3-13-12(8-10)11-4-5-17-15(11)16(20)18-13;1-2-3-4(5)6/h2-5,8,14,17H,6-7,9H2,1H3,(H,18,20);2-3H2,1H3,(H,5,6). The van der Waals surface area contributed by atoms with Gasteiger partial charge in [-0.2, -0.15) is 4.31 Å². The molecule has 0 amide bonds. The van der Waals surface area contributed by atoms with E-state index in [-0.39, 0.29) is 17.0 Å². The molecule has 1 aliphatic heterocycles. The molecule has 0 saturated carbocycles. The van der Waals surface area contributed by atoms with Crippen molar-refractivity contribution >= 4 is 37.8 Å². The van der Waals surface area contributed by atoms with Crippen LogP contribution in [0, 0.1) is 0 Å². The Morgan fingerprint density at radius 2 is 1.94 bits per heavy atom. The van der Waals surface area contributed by atoms with Crippen LogP contribution in [0.25, 0.3) is 21.8 Å². The molecule has 0 aliphatic carbocycles. The normalized spacial score (nSPS) is 14.8. The molecular formula is C20H25N3O7S. The summed E-state index contributed by atoms with van der Waals surface area (Å²) in [5, 5.41) is 9.26. The third-order valence-electron chi connectivity index (χ3n) is 4.77. The molecule has 0 radical (unpaired) electrons. The molecule has 168 valence electrons. The van der Waals surface area contributed by atoms with Gasteiger partial charge in [0.15, 0.2) is 6.29 Å². The second-order valence-electron chi connectivity index (χ2n) is 7.03. The van der Waals surface area contributed by atoms with Crippen molar-refractivity contribution in [2.75, 3.05) is 26.8 Å². The number of aromatic nitrogens is 2. The summed E-state index contributed by atoms with van der Waals surface area (Å²) >= 11 is 0. The summed E-state index contributed by atoms with van der Waals surface area (Å²) in [6.45, 7) is 2.89. The molecule has 4 rings (SSSR count). The van der Waals surface area contributed by atoms with Crippen LogP contribution in [0.2, 0.25) is 0 Å². The van der Waals surface area contributed by atoms with E-state index < -0.39 is 22.3 Å². The lowest BCUT2D eigenvalue weighted by molar-refractivity contribution is -0.137. The van der Waals surface area contributed by atoms with E-state index in [9.17, 15) is 18.0 Å². The van der Waals surface area contributed by atoms with Crippen molar-refractivity contribution in [1.29, 1.82) is 0 Å². The second-order valence-corrected chi connectivity index (χ2v) is 9.07. The first kappa shape index (κ1) is 22.9. The number of benzene rings is 1. The number of hydrogen-bond acceptors (Lipinski definition) is 6. The van der Waals surface area contributed by atoms with Crippen LogP contribution in [0.3, 0.4) is 0 Å². The predicted molar refractivity (Wildman–Crippen MR) is 114 cm³/mol. The van der Waals surface area contributed by atoms with E-state index in [0.29, 0.717) is 41.4 Å². The van der Waals surface area contributed by atoms with Crippen molar-refractivity contribution in [3.05, 3.63) is 40.8 Å².